The Kier molecular flexibility index (Phi) is 4.70. The molecular formula is C15H15N4O3-. The molecule has 7 nitrogen and oxygen atoms in total. The van der Waals surface area contributed by atoms with Gasteiger partial charge in [0.05, 0.1) is 11.4 Å². The fraction of sp³-hybridized carbons (Fsp3) is 0.133. The molecule has 7 heteroatoms. The van der Waals surface area contributed by atoms with Crippen LogP contribution < -0.4 is 15.7 Å². The highest BCUT2D eigenvalue weighted by Crippen LogP contribution is 2.32. The molecule has 0 spiro atoms. The normalized spacial score (nSPS) is 9.95. The quantitative estimate of drug-likeness (QED) is 0.647. The first-order valence-corrected chi connectivity index (χ1v) is 6.52. The van der Waals surface area contributed by atoms with Crippen molar-refractivity contribution >= 4 is 34.3 Å². The van der Waals surface area contributed by atoms with Crippen LogP contribution in [0.25, 0.3) is 0 Å². The predicted octanol–water partition coefficient (Wildman–Crippen LogP) is 3.72. The second-order valence-electron chi connectivity index (χ2n) is 4.67. The van der Waals surface area contributed by atoms with E-state index in [4.69, 9.17) is 0 Å². The zero-order valence-electron chi connectivity index (χ0n) is 12.2. The van der Waals surface area contributed by atoms with E-state index < -0.39 is 0 Å². The third-order valence-corrected chi connectivity index (χ3v) is 2.91. The number of carbonyl (C=O) groups is 1. The Bertz CT molecular complexity index is 684. The van der Waals surface area contributed by atoms with Crippen molar-refractivity contribution < 1.29 is 4.79 Å². The lowest BCUT2D eigenvalue weighted by Crippen LogP contribution is -2.08. The van der Waals surface area contributed by atoms with E-state index in [0.717, 1.165) is 5.69 Å². The number of anilines is 4. The van der Waals surface area contributed by atoms with Crippen molar-refractivity contribution in [2.75, 3.05) is 22.7 Å². The Morgan fingerprint density at radius 2 is 1.77 bits per heavy atom. The maximum atomic E-state index is 11.6. The van der Waals surface area contributed by atoms with Gasteiger partial charge >= 0.3 is 0 Å². The molecule has 0 saturated carbocycles. The largest absolute Gasteiger partial charge is 0.758 e. The van der Waals surface area contributed by atoms with Crippen LogP contribution in [0.4, 0.5) is 28.4 Å². The Labute approximate surface area is 127 Å². The van der Waals surface area contributed by atoms with Crippen LogP contribution in [-0.2, 0) is 4.79 Å². The Morgan fingerprint density at radius 3 is 2.32 bits per heavy atom. The van der Waals surface area contributed by atoms with Crippen LogP contribution in [0, 0.1) is 10.1 Å². The van der Waals surface area contributed by atoms with E-state index in [1.165, 1.54) is 26.1 Å². The van der Waals surface area contributed by atoms with Crippen molar-refractivity contribution in [3.05, 3.63) is 52.6 Å². The first-order chi connectivity index (χ1) is 10.5. The van der Waals surface area contributed by atoms with Gasteiger partial charge in [0, 0.05) is 18.3 Å². The molecule has 0 heterocycles. The zero-order valence-corrected chi connectivity index (χ0v) is 12.2. The molecule has 0 aliphatic rings. The fourth-order valence-electron chi connectivity index (χ4n) is 1.94. The number of benzene rings is 2. The molecule has 0 radical (unpaired) electrons. The van der Waals surface area contributed by atoms with Crippen molar-refractivity contribution in [2.45, 2.75) is 6.92 Å². The third-order valence-electron chi connectivity index (χ3n) is 2.91. The van der Waals surface area contributed by atoms with Crippen LogP contribution >= 0.6 is 0 Å². The minimum Gasteiger partial charge on any atom is -0.758 e. The van der Waals surface area contributed by atoms with Gasteiger partial charge in [-0.25, -0.2) is 0 Å². The lowest BCUT2D eigenvalue weighted by Gasteiger charge is -2.28. The second-order valence-corrected chi connectivity index (χ2v) is 4.67. The van der Waals surface area contributed by atoms with Gasteiger partial charge in [-0.2, -0.15) is 0 Å². The summed E-state index contributed by atoms with van der Waals surface area (Å²) in [5.74, 6) is -0.145. The van der Waals surface area contributed by atoms with Crippen LogP contribution in [0.1, 0.15) is 6.92 Å². The van der Waals surface area contributed by atoms with E-state index in [1.807, 2.05) is 0 Å². The van der Waals surface area contributed by atoms with Crippen molar-refractivity contribution in [3.8, 4) is 0 Å². The summed E-state index contributed by atoms with van der Waals surface area (Å²) in [6, 6.07) is 11.6. The molecule has 2 aromatic rings. The predicted molar refractivity (Wildman–Crippen MR) is 87.7 cm³/mol. The van der Waals surface area contributed by atoms with Gasteiger partial charge in [0.15, 0.2) is 0 Å². The van der Waals surface area contributed by atoms with Crippen molar-refractivity contribution in [3.63, 3.8) is 0 Å². The van der Waals surface area contributed by atoms with E-state index in [2.05, 4.69) is 15.8 Å². The van der Waals surface area contributed by atoms with Crippen LogP contribution in [-0.4, -0.2) is 13.0 Å². The summed E-state index contributed by atoms with van der Waals surface area (Å²) in [6.07, 6.45) is 0. The Hall–Kier alpha value is -2.93. The SMILES string of the molecule is CC(=O)Nc1ccc(Nc2ccc(N=O)cc2N(C)[O-])cc1. The van der Waals surface area contributed by atoms with Crippen LogP contribution in [0.2, 0.25) is 0 Å². The van der Waals surface area contributed by atoms with E-state index in [1.54, 1.807) is 30.3 Å². The lowest BCUT2D eigenvalue weighted by molar-refractivity contribution is -0.114. The summed E-state index contributed by atoms with van der Waals surface area (Å²) < 4.78 is 0. The standard InChI is InChI=1S/C15H15N4O3/c1-10(20)16-11-3-5-12(6-4-11)17-14-8-7-13(18-21)9-15(14)19(2)22/h3-9,17H,1-2H3,(H,16,20)/q-1. The Balaban J connectivity index is 2.23. The molecule has 2 N–H and O–H groups in total. The molecule has 1 amide bonds. The van der Waals surface area contributed by atoms with Gasteiger partial charge in [0.25, 0.3) is 0 Å². The number of nitroso groups, excluding NO2 is 1. The average molecular weight is 299 g/mol. The molecule has 0 fully saturated rings. The summed E-state index contributed by atoms with van der Waals surface area (Å²) in [5.41, 5.74) is 2.47. The molecule has 22 heavy (non-hydrogen) atoms. The summed E-state index contributed by atoms with van der Waals surface area (Å²) in [6.45, 7) is 1.44. The molecule has 0 aliphatic heterocycles. The van der Waals surface area contributed by atoms with Gasteiger partial charge in [-0.15, -0.1) is 4.91 Å². The minimum absolute atomic E-state index is 0.145. The maximum Gasteiger partial charge on any atom is 0.221 e. The molecule has 0 bridgehead atoms. The minimum atomic E-state index is -0.145. The van der Waals surface area contributed by atoms with E-state index in [9.17, 15) is 14.9 Å². The molecule has 0 unspecified atom stereocenters. The summed E-state index contributed by atoms with van der Waals surface area (Å²) in [4.78, 5) is 21.5. The van der Waals surface area contributed by atoms with Gasteiger partial charge < -0.3 is 20.9 Å². The van der Waals surface area contributed by atoms with E-state index in [0.29, 0.717) is 22.1 Å². The molecule has 0 atom stereocenters. The van der Waals surface area contributed by atoms with Gasteiger partial charge in [0.1, 0.15) is 5.69 Å². The number of rotatable bonds is 5. The third kappa shape index (κ3) is 3.80. The van der Waals surface area contributed by atoms with Crippen molar-refractivity contribution in [1.82, 2.24) is 0 Å². The topological polar surface area (TPSA) is 96.9 Å². The van der Waals surface area contributed by atoms with Crippen LogP contribution in [0.5, 0.6) is 0 Å². The highest BCUT2D eigenvalue weighted by molar-refractivity contribution is 5.89. The van der Waals surface area contributed by atoms with Gasteiger partial charge in [0.2, 0.25) is 5.91 Å². The molecule has 2 rings (SSSR count). The van der Waals surface area contributed by atoms with Gasteiger partial charge in [-0.1, -0.05) is 0 Å². The van der Waals surface area contributed by atoms with Gasteiger partial charge in [-0.05, 0) is 54.7 Å². The molecule has 114 valence electrons. The van der Waals surface area contributed by atoms with E-state index in [-0.39, 0.29) is 11.6 Å². The summed E-state index contributed by atoms with van der Waals surface area (Å²) >= 11 is 0. The van der Waals surface area contributed by atoms with Crippen molar-refractivity contribution in [1.29, 1.82) is 0 Å². The molecule has 0 saturated heterocycles. The Morgan fingerprint density at radius 1 is 1.14 bits per heavy atom. The average Bonchev–Trinajstić information content (AvgIpc) is 2.49. The van der Waals surface area contributed by atoms with Crippen LogP contribution in [0.15, 0.2) is 47.6 Å². The molecule has 2 aromatic carbocycles. The number of nitrogens with zero attached hydrogens (tertiary/aromatic N) is 2. The lowest BCUT2D eigenvalue weighted by atomic mass is 10.2. The first kappa shape index (κ1) is 15.5. The zero-order chi connectivity index (χ0) is 16.1. The van der Waals surface area contributed by atoms with E-state index >= 15 is 0 Å². The number of amides is 1. The summed E-state index contributed by atoms with van der Waals surface area (Å²) in [5, 5.41) is 20.8. The molecular weight excluding hydrogens is 284 g/mol. The first-order valence-electron chi connectivity index (χ1n) is 6.52. The highest BCUT2D eigenvalue weighted by Gasteiger charge is 2.05. The molecule has 0 aliphatic carbocycles. The second kappa shape index (κ2) is 6.68. The number of hydrogen-bond donors (Lipinski definition) is 2. The van der Waals surface area contributed by atoms with Crippen molar-refractivity contribution in [2.24, 2.45) is 5.18 Å². The van der Waals surface area contributed by atoms with Gasteiger partial charge in [-0.3, -0.25) is 4.79 Å². The number of hydroxylamine groups is 1. The number of carbonyl (C=O) groups excluding carboxylic acids is 1. The maximum absolute atomic E-state index is 11.6. The highest BCUT2D eigenvalue weighted by atomic mass is 16.5. The smallest absolute Gasteiger partial charge is 0.221 e. The number of hydrogen-bond acceptors (Lipinski definition) is 6. The number of nitrogens with one attached hydrogen (secondary N) is 2. The molecule has 0 aromatic heterocycles. The monoisotopic (exact) mass is 299 g/mol. The summed E-state index contributed by atoms with van der Waals surface area (Å²) in [7, 11) is 1.34. The fourth-order valence-corrected chi connectivity index (χ4v) is 1.94. The van der Waals surface area contributed by atoms with Crippen LogP contribution in [0.3, 0.4) is 0 Å².